The van der Waals surface area contributed by atoms with Gasteiger partial charge in [0.2, 0.25) is 5.75 Å². The lowest BCUT2D eigenvalue weighted by atomic mass is 10.3. The standard InChI is InChI=1S/C28H36N8O3S3/c1-20-18-24(33-32-20)29-26-25(39-4)27(36-15-13-35(14-16-36)12-11-34(2)3)31-28(30-26)41-21-7-9-23(10-8-21)42(37,38)19-22-6-5-17-40-22/h5-10,17-18H,11-16,19H2,1-4H3,(H2,29,30,31,32,33). The van der Waals surface area contributed by atoms with Gasteiger partial charge in [0.1, 0.15) is 0 Å². The summed E-state index contributed by atoms with van der Waals surface area (Å²) in [4.78, 5) is 18.5. The second-order valence-electron chi connectivity index (χ2n) is 10.3. The Hall–Kier alpha value is -3.17. The Balaban J connectivity index is 1.39. The minimum atomic E-state index is -3.44. The molecule has 0 aliphatic carbocycles. The van der Waals surface area contributed by atoms with Gasteiger partial charge in [-0.15, -0.1) is 11.3 Å². The van der Waals surface area contributed by atoms with Crippen LogP contribution in [0.3, 0.4) is 0 Å². The molecule has 1 fully saturated rings. The first-order valence-corrected chi connectivity index (χ1v) is 16.9. The van der Waals surface area contributed by atoms with E-state index in [0.29, 0.717) is 33.3 Å². The Morgan fingerprint density at radius 2 is 1.88 bits per heavy atom. The molecule has 1 aliphatic rings. The monoisotopic (exact) mass is 628 g/mol. The van der Waals surface area contributed by atoms with Crippen molar-refractivity contribution in [2.24, 2.45) is 0 Å². The number of ether oxygens (including phenoxy) is 1. The van der Waals surface area contributed by atoms with E-state index in [1.54, 1.807) is 31.4 Å². The number of aromatic nitrogens is 4. The number of piperazine rings is 1. The van der Waals surface area contributed by atoms with E-state index in [1.165, 1.54) is 23.1 Å². The number of nitrogens with one attached hydrogen (secondary N) is 2. The van der Waals surface area contributed by atoms with E-state index in [9.17, 15) is 8.42 Å². The molecular formula is C28H36N8O3S3. The van der Waals surface area contributed by atoms with Crippen LogP contribution in [0.15, 0.2) is 62.8 Å². The molecule has 2 N–H and O–H groups in total. The van der Waals surface area contributed by atoms with Crippen molar-refractivity contribution in [2.45, 2.75) is 27.6 Å². The largest absolute Gasteiger partial charge is 0.490 e. The molecule has 0 spiro atoms. The number of hydrogen-bond acceptors (Lipinski definition) is 12. The second-order valence-corrected chi connectivity index (χ2v) is 14.4. The molecule has 1 saturated heterocycles. The number of thiophene rings is 1. The van der Waals surface area contributed by atoms with E-state index < -0.39 is 9.84 Å². The summed E-state index contributed by atoms with van der Waals surface area (Å²) in [5, 5.41) is 12.9. The van der Waals surface area contributed by atoms with Gasteiger partial charge < -0.3 is 19.9 Å². The van der Waals surface area contributed by atoms with Crippen LogP contribution in [0.4, 0.5) is 17.5 Å². The summed E-state index contributed by atoms with van der Waals surface area (Å²) in [5.74, 6) is 2.40. The lowest BCUT2D eigenvalue weighted by Crippen LogP contribution is -2.48. The molecule has 1 aromatic carbocycles. The average Bonchev–Trinajstić information content (AvgIpc) is 3.63. The number of likely N-dealkylation sites (N-methyl/N-ethyl adjacent to an activating group) is 1. The first kappa shape index (κ1) is 30.3. The van der Waals surface area contributed by atoms with E-state index in [2.05, 4.69) is 44.3 Å². The highest BCUT2D eigenvalue weighted by atomic mass is 32.2. The van der Waals surface area contributed by atoms with Crippen molar-refractivity contribution in [3.8, 4) is 5.75 Å². The first-order valence-electron chi connectivity index (χ1n) is 13.6. The van der Waals surface area contributed by atoms with Crippen molar-refractivity contribution in [2.75, 3.05) is 70.7 Å². The van der Waals surface area contributed by atoms with Gasteiger partial charge in [0.25, 0.3) is 0 Å². The molecule has 0 atom stereocenters. The number of sulfone groups is 1. The van der Waals surface area contributed by atoms with Crippen LogP contribution in [0.25, 0.3) is 0 Å². The van der Waals surface area contributed by atoms with Gasteiger partial charge in [0.15, 0.2) is 32.4 Å². The highest BCUT2D eigenvalue weighted by Gasteiger charge is 2.25. The van der Waals surface area contributed by atoms with Gasteiger partial charge in [-0.05, 0) is 68.5 Å². The smallest absolute Gasteiger partial charge is 0.204 e. The summed E-state index contributed by atoms with van der Waals surface area (Å²) in [6, 6.07) is 12.5. The van der Waals surface area contributed by atoms with E-state index in [1.807, 2.05) is 30.5 Å². The Morgan fingerprint density at radius 3 is 2.50 bits per heavy atom. The third-order valence-corrected chi connectivity index (χ3v) is 10.4. The predicted octanol–water partition coefficient (Wildman–Crippen LogP) is 4.13. The van der Waals surface area contributed by atoms with E-state index in [4.69, 9.17) is 14.7 Å². The molecular weight excluding hydrogens is 593 g/mol. The summed E-state index contributed by atoms with van der Waals surface area (Å²) < 4.78 is 31.7. The van der Waals surface area contributed by atoms with Crippen LogP contribution in [0.2, 0.25) is 0 Å². The van der Waals surface area contributed by atoms with Gasteiger partial charge >= 0.3 is 0 Å². The molecule has 11 nitrogen and oxygen atoms in total. The number of aromatic amines is 1. The number of rotatable bonds is 12. The fourth-order valence-corrected chi connectivity index (χ4v) is 7.73. The maximum absolute atomic E-state index is 12.9. The Labute approximate surface area is 255 Å². The van der Waals surface area contributed by atoms with E-state index >= 15 is 0 Å². The summed E-state index contributed by atoms with van der Waals surface area (Å²) in [5.41, 5.74) is 0.920. The number of anilines is 3. The van der Waals surface area contributed by atoms with Crippen LogP contribution in [-0.2, 0) is 15.6 Å². The van der Waals surface area contributed by atoms with Gasteiger partial charge in [-0.2, -0.15) is 5.10 Å². The number of aryl methyl sites for hydroxylation is 1. The van der Waals surface area contributed by atoms with Crippen molar-refractivity contribution in [1.29, 1.82) is 0 Å². The molecule has 42 heavy (non-hydrogen) atoms. The van der Waals surface area contributed by atoms with Crippen LogP contribution < -0.4 is 15.0 Å². The Morgan fingerprint density at radius 1 is 1.12 bits per heavy atom. The molecule has 14 heteroatoms. The van der Waals surface area contributed by atoms with Gasteiger partial charge in [0, 0.05) is 60.8 Å². The summed E-state index contributed by atoms with van der Waals surface area (Å²) in [6.07, 6.45) is 0. The molecule has 0 radical (unpaired) electrons. The topological polar surface area (TPSA) is 120 Å². The van der Waals surface area contributed by atoms with Gasteiger partial charge in [-0.3, -0.25) is 10.00 Å². The fourth-order valence-electron chi connectivity index (χ4n) is 4.57. The minimum absolute atomic E-state index is 0.00773. The lowest BCUT2D eigenvalue weighted by molar-refractivity contribution is 0.228. The minimum Gasteiger partial charge on any atom is -0.490 e. The quantitative estimate of drug-likeness (QED) is 0.221. The van der Waals surface area contributed by atoms with Gasteiger partial charge in [-0.1, -0.05) is 6.07 Å². The number of nitrogens with zero attached hydrogens (tertiary/aromatic N) is 6. The molecule has 4 aromatic rings. The summed E-state index contributed by atoms with van der Waals surface area (Å²) >= 11 is 2.81. The number of benzene rings is 1. The highest BCUT2D eigenvalue weighted by molar-refractivity contribution is 7.99. The number of H-pyrrole nitrogens is 1. The first-order chi connectivity index (χ1) is 20.2. The van der Waals surface area contributed by atoms with Gasteiger partial charge in [0.05, 0.1) is 17.8 Å². The summed E-state index contributed by atoms with van der Waals surface area (Å²) in [6.45, 7) is 7.43. The Bertz CT molecular complexity index is 1570. The fraction of sp³-hybridized carbons (Fsp3) is 0.393. The van der Waals surface area contributed by atoms with E-state index in [-0.39, 0.29) is 5.75 Å². The van der Waals surface area contributed by atoms with Crippen LogP contribution in [0, 0.1) is 6.92 Å². The zero-order valence-corrected chi connectivity index (χ0v) is 26.7. The average molecular weight is 629 g/mol. The predicted molar refractivity (Wildman–Crippen MR) is 168 cm³/mol. The molecule has 224 valence electrons. The normalized spacial score (nSPS) is 14.5. The molecule has 0 saturated carbocycles. The van der Waals surface area contributed by atoms with Crippen LogP contribution in [-0.4, -0.2) is 98.9 Å². The summed E-state index contributed by atoms with van der Waals surface area (Å²) in [7, 11) is 2.37. The van der Waals surface area contributed by atoms with Crippen LogP contribution in [0.1, 0.15) is 10.6 Å². The van der Waals surface area contributed by atoms with Crippen molar-refractivity contribution in [3.05, 3.63) is 58.4 Å². The van der Waals surface area contributed by atoms with E-state index in [0.717, 1.165) is 54.7 Å². The SMILES string of the molecule is COc1c(Nc2cc(C)[nH]n2)nc(Sc2ccc(S(=O)(=O)Cc3cccs3)cc2)nc1N1CCN(CCN(C)C)CC1. The molecule has 0 unspecified atom stereocenters. The molecule has 0 bridgehead atoms. The van der Waals surface area contributed by atoms with Crippen molar-refractivity contribution < 1.29 is 13.2 Å². The molecule has 4 heterocycles. The molecule has 5 rings (SSSR count). The Kier molecular flexibility index (Phi) is 9.68. The zero-order chi connectivity index (χ0) is 29.7. The number of methoxy groups -OCH3 is 1. The zero-order valence-electron chi connectivity index (χ0n) is 24.2. The maximum atomic E-state index is 12.9. The third kappa shape index (κ3) is 7.61. The second kappa shape index (κ2) is 13.4. The third-order valence-electron chi connectivity index (χ3n) is 6.82. The van der Waals surface area contributed by atoms with Crippen molar-refractivity contribution >= 4 is 50.4 Å². The molecule has 3 aromatic heterocycles. The lowest BCUT2D eigenvalue weighted by Gasteiger charge is -2.36. The maximum Gasteiger partial charge on any atom is 0.204 e. The van der Waals surface area contributed by atoms with Crippen LogP contribution >= 0.6 is 23.1 Å². The molecule has 0 amide bonds. The number of hydrogen-bond donors (Lipinski definition) is 2. The van der Waals surface area contributed by atoms with Crippen LogP contribution in [0.5, 0.6) is 5.75 Å². The van der Waals surface area contributed by atoms with Gasteiger partial charge in [-0.25, -0.2) is 18.4 Å². The molecule has 1 aliphatic heterocycles. The van der Waals surface area contributed by atoms with Crippen molar-refractivity contribution in [1.82, 2.24) is 30.0 Å². The van der Waals surface area contributed by atoms with Crippen molar-refractivity contribution in [3.63, 3.8) is 0 Å². The highest BCUT2D eigenvalue weighted by Crippen LogP contribution is 2.38.